The van der Waals surface area contributed by atoms with Gasteiger partial charge in [-0.05, 0) is 54.0 Å². The van der Waals surface area contributed by atoms with Crippen LogP contribution < -0.4 is 10.6 Å². The maximum Gasteiger partial charge on any atom is 0.246 e. The third kappa shape index (κ3) is 6.56. The van der Waals surface area contributed by atoms with Gasteiger partial charge in [0.2, 0.25) is 17.5 Å². The van der Waals surface area contributed by atoms with E-state index in [9.17, 15) is 4.79 Å². The van der Waals surface area contributed by atoms with Crippen molar-refractivity contribution in [1.29, 1.82) is 0 Å². The summed E-state index contributed by atoms with van der Waals surface area (Å²) < 4.78 is 11.0. The fraction of sp³-hybridized carbons (Fsp3) is 0.370. The standard InChI is InChI=1S/C27H31N11O3/c1-2-26(39)37-9-5-6-20(18-37)29-22-14-19(17-36-10-12-40-13-11-36)15-23(30-22)31-24-16-21(41-34-24)27-32-35-38(33-27)25-7-3-4-8-28-25/h2-4,7-8,14-16,20H,1,5-6,9-13,17-18H2,(H2,29,30,31,34)/t20-/m0/s1. The summed E-state index contributed by atoms with van der Waals surface area (Å²) in [5.74, 6) is 2.91. The first kappa shape index (κ1) is 26.5. The Hall–Kier alpha value is -4.69. The molecule has 0 radical (unpaired) electrons. The number of pyridine rings is 2. The molecule has 4 aromatic rings. The lowest BCUT2D eigenvalue weighted by Crippen LogP contribution is -2.44. The van der Waals surface area contributed by atoms with Crippen molar-refractivity contribution in [3.63, 3.8) is 0 Å². The number of ether oxygens (including phenoxy) is 1. The highest BCUT2D eigenvalue weighted by atomic mass is 16.5. The fourth-order valence-electron chi connectivity index (χ4n) is 4.92. The van der Waals surface area contributed by atoms with Crippen LogP contribution in [0.15, 0.2) is 59.8 Å². The summed E-state index contributed by atoms with van der Waals surface area (Å²) in [5.41, 5.74) is 1.09. The molecule has 2 saturated heterocycles. The minimum atomic E-state index is -0.0516. The molecule has 0 saturated carbocycles. The summed E-state index contributed by atoms with van der Waals surface area (Å²) in [4.78, 5) is 26.7. The zero-order chi connectivity index (χ0) is 28.0. The molecule has 212 valence electrons. The van der Waals surface area contributed by atoms with E-state index < -0.39 is 0 Å². The Bertz CT molecular complexity index is 1480. The SMILES string of the molecule is C=CC(=O)N1CCC[C@H](Nc2cc(CN3CCOCC3)cc(Nc3cc(-c4nnn(-c5ccccn5)n4)on3)n2)C1. The molecule has 0 aliphatic carbocycles. The van der Waals surface area contributed by atoms with Crippen molar-refractivity contribution in [2.45, 2.75) is 25.4 Å². The number of rotatable bonds is 9. The summed E-state index contributed by atoms with van der Waals surface area (Å²) in [6, 6.07) is 11.3. The lowest BCUT2D eigenvalue weighted by molar-refractivity contribution is -0.127. The van der Waals surface area contributed by atoms with Crippen molar-refractivity contribution in [3.8, 4) is 17.4 Å². The molecule has 2 aliphatic rings. The van der Waals surface area contributed by atoms with E-state index in [1.54, 1.807) is 18.3 Å². The molecule has 2 fully saturated rings. The quantitative estimate of drug-likeness (QED) is 0.290. The number of hydrogen-bond donors (Lipinski definition) is 2. The monoisotopic (exact) mass is 557 g/mol. The molecule has 0 bridgehead atoms. The van der Waals surface area contributed by atoms with Crippen LogP contribution in [-0.2, 0) is 16.1 Å². The van der Waals surface area contributed by atoms with Crippen LogP contribution in [0.1, 0.15) is 18.4 Å². The molecule has 2 aliphatic heterocycles. The Morgan fingerprint density at radius 3 is 2.83 bits per heavy atom. The van der Waals surface area contributed by atoms with Crippen molar-refractivity contribution >= 4 is 23.4 Å². The van der Waals surface area contributed by atoms with Gasteiger partial charge in [-0.3, -0.25) is 9.69 Å². The Labute approximate surface area is 236 Å². The van der Waals surface area contributed by atoms with E-state index in [1.165, 1.54) is 10.9 Å². The van der Waals surface area contributed by atoms with Gasteiger partial charge < -0.3 is 24.8 Å². The Morgan fingerprint density at radius 2 is 2.00 bits per heavy atom. The first-order chi connectivity index (χ1) is 20.1. The van der Waals surface area contributed by atoms with Gasteiger partial charge in [0.25, 0.3) is 0 Å². The lowest BCUT2D eigenvalue weighted by Gasteiger charge is -2.33. The normalized spacial score (nSPS) is 17.8. The van der Waals surface area contributed by atoms with Crippen molar-refractivity contribution in [3.05, 3.63) is 60.8 Å². The van der Waals surface area contributed by atoms with E-state index >= 15 is 0 Å². The smallest absolute Gasteiger partial charge is 0.246 e. The Morgan fingerprint density at radius 1 is 1.12 bits per heavy atom. The second-order valence-electron chi connectivity index (χ2n) is 9.90. The van der Waals surface area contributed by atoms with Gasteiger partial charge >= 0.3 is 0 Å². The van der Waals surface area contributed by atoms with Crippen molar-refractivity contribution in [1.82, 2.24) is 45.1 Å². The summed E-state index contributed by atoms with van der Waals surface area (Å²) in [6.07, 6.45) is 4.88. The number of carbonyl (C=O) groups is 1. The number of tetrazole rings is 1. The largest absolute Gasteiger partial charge is 0.379 e. The van der Waals surface area contributed by atoms with Crippen LogP contribution in [0.3, 0.4) is 0 Å². The van der Waals surface area contributed by atoms with E-state index in [4.69, 9.17) is 14.2 Å². The molecule has 41 heavy (non-hydrogen) atoms. The number of morpholine rings is 1. The number of piperidine rings is 1. The van der Waals surface area contributed by atoms with Gasteiger partial charge in [0.1, 0.15) is 11.6 Å². The highest BCUT2D eigenvalue weighted by Gasteiger charge is 2.23. The van der Waals surface area contributed by atoms with Crippen LogP contribution in [-0.4, -0.2) is 96.5 Å². The minimum absolute atomic E-state index is 0.0516. The summed E-state index contributed by atoms with van der Waals surface area (Å²) in [5, 5.41) is 23.4. The lowest BCUT2D eigenvalue weighted by atomic mass is 10.1. The number of anilines is 3. The van der Waals surface area contributed by atoms with Crippen molar-refractivity contribution in [2.24, 2.45) is 0 Å². The molecule has 1 amide bonds. The average molecular weight is 558 g/mol. The first-order valence-electron chi connectivity index (χ1n) is 13.6. The summed E-state index contributed by atoms with van der Waals surface area (Å²) >= 11 is 0. The van der Waals surface area contributed by atoms with Gasteiger partial charge in [0.05, 0.1) is 13.2 Å². The second kappa shape index (κ2) is 12.2. The topological polar surface area (TPSA) is 152 Å². The minimum Gasteiger partial charge on any atom is -0.379 e. The Balaban J connectivity index is 1.20. The number of aromatic nitrogens is 7. The predicted molar refractivity (Wildman–Crippen MR) is 149 cm³/mol. The number of amides is 1. The van der Waals surface area contributed by atoms with Gasteiger partial charge in [-0.1, -0.05) is 17.8 Å². The van der Waals surface area contributed by atoms with Gasteiger partial charge in [-0.15, -0.1) is 15.0 Å². The number of hydrogen-bond acceptors (Lipinski definition) is 12. The van der Waals surface area contributed by atoms with E-state index in [1.807, 2.05) is 23.1 Å². The maximum atomic E-state index is 12.2. The zero-order valence-corrected chi connectivity index (χ0v) is 22.5. The number of nitrogens with one attached hydrogen (secondary N) is 2. The molecule has 6 rings (SSSR count). The molecule has 0 aromatic carbocycles. The van der Waals surface area contributed by atoms with E-state index in [2.05, 4.69) is 53.7 Å². The van der Waals surface area contributed by atoms with Crippen molar-refractivity contribution in [2.75, 3.05) is 50.0 Å². The molecule has 4 aromatic heterocycles. The number of likely N-dealkylation sites (tertiary alicyclic amines) is 1. The summed E-state index contributed by atoms with van der Waals surface area (Å²) in [7, 11) is 0. The van der Waals surface area contributed by atoms with Crippen LogP contribution in [0.2, 0.25) is 0 Å². The zero-order valence-electron chi connectivity index (χ0n) is 22.5. The fourth-order valence-corrected chi connectivity index (χ4v) is 4.92. The van der Waals surface area contributed by atoms with E-state index in [-0.39, 0.29) is 17.8 Å². The highest BCUT2D eigenvalue weighted by Crippen LogP contribution is 2.25. The molecule has 2 N–H and O–H groups in total. The van der Waals surface area contributed by atoms with E-state index in [0.717, 1.165) is 63.6 Å². The predicted octanol–water partition coefficient (Wildman–Crippen LogP) is 2.27. The van der Waals surface area contributed by atoms with Crippen LogP contribution in [0.5, 0.6) is 0 Å². The van der Waals surface area contributed by atoms with Crippen LogP contribution >= 0.6 is 0 Å². The summed E-state index contributed by atoms with van der Waals surface area (Å²) in [6.45, 7) is 8.89. The van der Waals surface area contributed by atoms with E-state index in [0.29, 0.717) is 29.8 Å². The van der Waals surface area contributed by atoms with Crippen LogP contribution in [0.25, 0.3) is 17.4 Å². The average Bonchev–Trinajstić information content (AvgIpc) is 3.68. The van der Waals surface area contributed by atoms with Crippen LogP contribution in [0, 0.1) is 0 Å². The van der Waals surface area contributed by atoms with Gasteiger partial charge in [-0.25, -0.2) is 9.97 Å². The maximum absolute atomic E-state index is 12.2. The number of nitrogens with zero attached hydrogens (tertiary/aromatic N) is 9. The van der Waals surface area contributed by atoms with Crippen molar-refractivity contribution < 1.29 is 14.1 Å². The van der Waals surface area contributed by atoms with Gasteiger partial charge in [0, 0.05) is 51.0 Å². The molecular formula is C27H31N11O3. The third-order valence-corrected chi connectivity index (χ3v) is 6.91. The van der Waals surface area contributed by atoms with Gasteiger partial charge in [-0.2, -0.15) is 0 Å². The first-order valence-corrected chi connectivity index (χ1v) is 13.6. The highest BCUT2D eigenvalue weighted by molar-refractivity contribution is 5.87. The molecule has 6 heterocycles. The third-order valence-electron chi connectivity index (χ3n) is 6.91. The molecule has 1 atom stereocenters. The second-order valence-corrected chi connectivity index (χ2v) is 9.90. The van der Waals surface area contributed by atoms with Crippen LogP contribution in [0.4, 0.5) is 17.5 Å². The molecule has 14 heteroatoms. The molecule has 0 spiro atoms. The molecule has 0 unspecified atom stereocenters. The van der Waals surface area contributed by atoms with Gasteiger partial charge in [0.15, 0.2) is 11.6 Å². The Kier molecular flexibility index (Phi) is 7.91. The molecule has 14 nitrogen and oxygen atoms in total. The number of carbonyl (C=O) groups excluding carboxylic acids is 1. The molecular weight excluding hydrogens is 526 g/mol.